The van der Waals surface area contributed by atoms with Crippen LogP contribution in [0.4, 0.5) is 5.69 Å². The Labute approximate surface area is 232 Å². The first-order chi connectivity index (χ1) is 18.8. The molecule has 6 N–H and O–H groups in total. The van der Waals surface area contributed by atoms with Crippen molar-refractivity contribution in [1.82, 2.24) is 10.3 Å². The molecule has 2 amide bonds. The molecule has 0 aliphatic heterocycles. The number of carbonyl (C=O) groups is 3. The fourth-order valence-corrected chi connectivity index (χ4v) is 3.95. The first kappa shape index (κ1) is 29.8. The molecule has 0 aliphatic carbocycles. The average Bonchev–Trinajstić information content (AvgIpc) is 2.93. The molecule has 1 unspecified atom stereocenters. The Kier molecular flexibility index (Phi) is 8.90. The van der Waals surface area contributed by atoms with Gasteiger partial charge in [-0.25, -0.2) is 9.78 Å². The van der Waals surface area contributed by atoms with E-state index in [1.807, 2.05) is 20.8 Å². The number of rotatable bonds is 9. The summed E-state index contributed by atoms with van der Waals surface area (Å²) in [5, 5.41) is 30.0. The van der Waals surface area contributed by atoms with Crippen LogP contribution in [0.3, 0.4) is 0 Å². The van der Waals surface area contributed by atoms with E-state index in [0.717, 1.165) is 0 Å². The number of aromatic carboxylic acids is 1. The van der Waals surface area contributed by atoms with E-state index in [-0.39, 0.29) is 46.3 Å². The highest BCUT2D eigenvalue weighted by Crippen LogP contribution is 2.31. The third-order valence-electron chi connectivity index (χ3n) is 6.49. The summed E-state index contributed by atoms with van der Waals surface area (Å²) in [5.74, 6) is -2.35. The molecule has 210 valence electrons. The molecule has 1 heterocycles. The van der Waals surface area contributed by atoms with Crippen molar-refractivity contribution < 1.29 is 29.3 Å². The number of amidine groups is 1. The van der Waals surface area contributed by atoms with Crippen LogP contribution in [0, 0.1) is 10.8 Å². The average molecular weight is 548 g/mol. The number of carboxylic acid groups (broad SMARTS) is 1. The Balaban J connectivity index is 2.07. The molecule has 0 fully saturated rings. The molecule has 1 aromatic heterocycles. The lowest BCUT2D eigenvalue weighted by molar-refractivity contribution is 0.0697. The fourth-order valence-electron chi connectivity index (χ4n) is 3.95. The number of pyridine rings is 1. The molecule has 3 rings (SSSR count). The second kappa shape index (κ2) is 12.0. The number of nitrogens with one attached hydrogen (secondary N) is 2. The van der Waals surface area contributed by atoms with Crippen LogP contribution in [-0.2, 0) is 0 Å². The van der Waals surface area contributed by atoms with E-state index in [9.17, 15) is 24.6 Å². The zero-order chi connectivity index (χ0) is 29.8. The lowest BCUT2D eigenvalue weighted by Gasteiger charge is -2.29. The van der Waals surface area contributed by atoms with E-state index in [4.69, 9.17) is 15.9 Å². The normalized spacial score (nSPS) is 11.8. The molecule has 0 saturated heterocycles. The molecule has 0 radical (unpaired) electrons. The van der Waals surface area contributed by atoms with Crippen LogP contribution in [0.15, 0.2) is 54.6 Å². The van der Waals surface area contributed by atoms with Crippen LogP contribution >= 0.6 is 0 Å². The van der Waals surface area contributed by atoms with Crippen molar-refractivity contribution in [2.75, 3.05) is 25.7 Å². The van der Waals surface area contributed by atoms with Gasteiger partial charge in [0.15, 0.2) is 0 Å². The lowest BCUT2D eigenvalue weighted by Crippen LogP contribution is -2.46. The van der Waals surface area contributed by atoms with E-state index in [1.54, 1.807) is 24.3 Å². The number of aliphatic hydroxyl groups excluding tert-OH is 1. The van der Waals surface area contributed by atoms with Gasteiger partial charge in [-0.1, -0.05) is 26.8 Å². The van der Waals surface area contributed by atoms with Gasteiger partial charge in [-0.3, -0.25) is 15.0 Å². The second-order valence-corrected chi connectivity index (χ2v) is 10.2. The number of amides is 2. The van der Waals surface area contributed by atoms with Gasteiger partial charge in [-0.05, 0) is 53.4 Å². The predicted octanol–water partition coefficient (Wildman–Crippen LogP) is 3.15. The van der Waals surface area contributed by atoms with Gasteiger partial charge in [0.2, 0.25) is 5.88 Å². The van der Waals surface area contributed by atoms with Crippen LogP contribution in [-0.4, -0.2) is 65.6 Å². The summed E-state index contributed by atoms with van der Waals surface area (Å²) >= 11 is 0. The molecule has 0 spiro atoms. The summed E-state index contributed by atoms with van der Waals surface area (Å²) in [6, 6.07) is 13.1. The van der Waals surface area contributed by atoms with Crippen molar-refractivity contribution in [3.63, 3.8) is 0 Å². The minimum atomic E-state index is -1.30. The number of anilines is 1. The van der Waals surface area contributed by atoms with Crippen LogP contribution in [0.1, 0.15) is 57.5 Å². The van der Waals surface area contributed by atoms with Gasteiger partial charge >= 0.3 is 5.97 Å². The minimum Gasteiger partial charge on any atom is -0.481 e. The molecule has 40 heavy (non-hydrogen) atoms. The molecular formula is C29H33N5O6. The SMILES string of the molecule is COc1ccc(-c2ccc(C(=O)NC(CO)C(C)(C)C)cc2C(=O)O)c(C(=O)N(C)c2ccc(C(=N)N)cc2)n1. The molecule has 11 heteroatoms. The Morgan fingerprint density at radius 2 is 1.65 bits per heavy atom. The first-order valence-corrected chi connectivity index (χ1v) is 12.4. The monoisotopic (exact) mass is 547 g/mol. The Morgan fingerprint density at radius 1 is 1.05 bits per heavy atom. The second-order valence-electron chi connectivity index (χ2n) is 10.2. The van der Waals surface area contributed by atoms with Crippen molar-refractivity contribution >= 4 is 29.3 Å². The summed E-state index contributed by atoms with van der Waals surface area (Å²) in [4.78, 5) is 44.5. The number of hydrogen-bond donors (Lipinski definition) is 5. The third kappa shape index (κ3) is 6.44. The zero-order valence-corrected chi connectivity index (χ0v) is 23.0. The van der Waals surface area contributed by atoms with Crippen molar-refractivity contribution in [2.24, 2.45) is 11.1 Å². The number of aromatic nitrogens is 1. The zero-order valence-electron chi connectivity index (χ0n) is 23.0. The largest absolute Gasteiger partial charge is 0.481 e. The highest BCUT2D eigenvalue weighted by Gasteiger charge is 2.28. The molecule has 0 bridgehead atoms. The van der Waals surface area contributed by atoms with E-state index in [1.165, 1.54) is 49.4 Å². The summed E-state index contributed by atoms with van der Waals surface area (Å²) in [5.41, 5.74) is 6.29. The van der Waals surface area contributed by atoms with Crippen LogP contribution in [0.2, 0.25) is 0 Å². The first-order valence-electron chi connectivity index (χ1n) is 12.4. The Bertz CT molecular complexity index is 1450. The molecule has 11 nitrogen and oxygen atoms in total. The number of hydrogen-bond acceptors (Lipinski definition) is 7. The number of carbonyl (C=O) groups excluding carboxylic acids is 2. The van der Waals surface area contributed by atoms with Gasteiger partial charge in [0, 0.05) is 35.5 Å². The van der Waals surface area contributed by atoms with Crippen molar-refractivity contribution in [2.45, 2.75) is 26.8 Å². The number of nitrogens with zero attached hydrogens (tertiary/aromatic N) is 2. The summed E-state index contributed by atoms with van der Waals surface area (Å²) in [7, 11) is 2.93. The fraction of sp³-hybridized carbons (Fsp3) is 0.276. The van der Waals surface area contributed by atoms with Gasteiger partial charge < -0.3 is 30.9 Å². The smallest absolute Gasteiger partial charge is 0.336 e. The number of nitrogens with two attached hydrogens (primary N) is 1. The summed E-state index contributed by atoms with van der Waals surface area (Å²) in [6.45, 7) is 5.31. The van der Waals surface area contributed by atoms with Gasteiger partial charge in [0.25, 0.3) is 11.8 Å². The number of nitrogen functional groups attached to an aromatic ring is 1. The van der Waals surface area contributed by atoms with Crippen molar-refractivity contribution in [3.8, 4) is 17.0 Å². The molecule has 1 atom stereocenters. The highest BCUT2D eigenvalue weighted by atomic mass is 16.5. The maximum absolute atomic E-state index is 13.6. The molecule has 0 saturated carbocycles. The Morgan fingerprint density at radius 3 is 2.17 bits per heavy atom. The van der Waals surface area contributed by atoms with Crippen LogP contribution in [0.25, 0.3) is 11.1 Å². The summed E-state index contributed by atoms with van der Waals surface area (Å²) < 4.78 is 5.22. The van der Waals surface area contributed by atoms with Gasteiger partial charge in [0.1, 0.15) is 11.5 Å². The lowest BCUT2D eigenvalue weighted by atomic mass is 9.87. The van der Waals surface area contributed by atoms with E-state index >= 15 is 0 Å². The maximum atomic E-state index is 13.6. The molecular weight excluding hydrogens is 514 g/mol. The van der Waals surface area contributed by atoms with Gasteiger partial charge in [0.05, 0.1) is 25.3 Å². The number of benzene rings is 2. The number of ether oxygens (including phenoxy) is 1. The predicted molar refractivity (Wildman–Crippen MR) is 151 cm³/mol. The van der Waals surface area contributed by atoms with E-state index in [0.29, 0.717) is 11.3 Å². The minimum absolute atomic E-state index is 0.0646. The van der Waals surface area contributed by atoms with Gasteiger partial charge in [-0.15, -0.1) is 0 Å². The maximum Gasteiger partial charge on any atom is 0.336 e. The number of aliphatic hydroxyl groups is 1. The number of carboxylic acids is 1. The van der Waals surface area contributed by atoms with E-state index in [2.05, 4.69) is 10.3 Å². The Hall–Kier alpha value is -4.77. The standard InChI is InChI=1S/C29H33N5O6/c1-29(2,3)22(15-35)32-26(36)17-8-11-19(21(14-17)28(38)39)20-12-13-23(40-5)33-24(20)27(37)34(4)18-9-6-16(7-10-18)25(30)31/h6-14,22,35H,15H2,1-5H3,(H3,30,31)(H,32,36)(H,38,39). The molecule has 3 aromatic rings. The summed E-state index contributed by atoms with van der Waals surface area (Å²) in [6.07, 6.45) is 0. The topological polar surface area (TPSA) is 179 Å². The van der Waals surface area contributed by atoms with Crippen molar-refractivity contribution in [1.29, 1.82) is 5.41 Å². The van der Waals surface area contributed by atoms with Crippen molar-refractivity contribution in [3.05, 3.63) is 77.0 Å². The quantitative estimate of drug-likeness (QED) is 0.200. The van der Waals surface area contributed by atoms with E-state index < -0.39 is 29.2 Å². The van der Waals surface area contributed by atoms with Crippen LogP contribution in [0.5, 0.6) is 5.88 Å². The highest BCUT2D eigenvalue weighted by molar-refractivity contribution is 6.11. The van der Waals surface area contributed by atoms with Gasteiger partial charge in [-0.2, -0.15) is 0 Å². The number of methoxy groups -OCH3 is 1. The molecule has 2 aromatic carbocycles. The molecule has 0 aliphatic rings. The van der Waals surface area contributed by atoms with Crippen LogP contribution < -0.4 is 20.7 Å². The third-order valence-corrected chi connectivity index (χ3v) is 6.49.